The van der Waals surface area contributed by atoms with Crippen molar-refractivity contribution in [2.24, 2.45) is 0 Å². The molecule has 0 aromatic carbocycles. The van der Waals surface area contributed by atoms with E-state index in [0.717, 1.165) is 38.5 Å². The molecule has 0 spiro atoms. The molecule has 1 aliphatic heterocycles. The van der Waals surface area contributed by atoms with Gasteiger partial charge in [0.2, 0.25) is 6.29 Å². The highest BCUT2D eigenvalue weighted by atomic mass is 16.6. The molecule has 0 aromatic heterocycles. The third kappa shape index (κ3) is 9.71. The molecule has 0 aromatic rings. The molecule has 1 rings (SSSR count). The van der Waals surface area contributed by atoms with Crippen LogP contribution in [0.15, 0.2) is 12.2 Å². The van der Waals surface area contributed by atoms with Crippen molar-refractivity contribution in [3.63, 3.8) is 0 Å². The molecule has 1 atom stereocenters. The van der Waals surface area contributed by atoms with E-state index in [1.165, 1.54) is 25.7 Å². The highest BCUT2D eigenvalue weighted by molar-refractivity contribution is 5.69. The van der Waals surface area contributed by atoms with Crippen LogP contribution in [0.3, 0.4) is 0 Å². The van der Waals surface area contributed by atoms with E-state index in [9.17, 15) is 9.90 Å². The highest BCUT2D eigenvalue weighted by Gasteiger charge is 2.10. The molecule has 0 saturated carbocycles. The lowest BCUT2D eigenvalue weighted by molar-refractivity contribution is -0.168. The van der Waals surface area contributed by atoms with E-state index < -0.39 is 6.29 Å². The van der Waals surface area contributed by atoms with Crippen LogP contribution in [0.25, 0.3) is 0 Å². The van der Waals surface area contributed by atoms with E-state index in [4.69, 9.17) is 4.74 Å². The molecule has 1 heterocycles. The molecular formula is C16H28O3. The Labute approximate surface area is 117 Å². The van der Waals surface area contributed by atoms with Crippen LogP contribution < -0.4 is 0 Å². The first kappa shape index (κ1) is 16.2. The van der Waals surface area contributed by atoms with Crippen molar-refractivity contribution in [3.05, 3.63) is 12.2 Å². The molecule has 1 unspecified atom stereocenters. The van der Waals surface area contributed by atoms with E-state index in [1.54, 1.807) is 0 Å². The van der Waals surface area contributed by atoms with Crippen LogP contribution in [0.1, 0.15) is 77.0 Å². The van der Waals surface area contributed by atoms with Crippen LogP contribution in [-0.2, 0) is 9.53 Å². The van der Waals surface area contributed by atoms with E-state index in [-0.39, 0.29) is 5.97 Å². The molecule has 0 aliphatic carbocycles. The Bertz CT molecular complexity index is 261. The van der Waals surface area contributed by atoms with E-state index in [0.29, 0.717) is 12.8 Å². The van der Waals surface area contributed by atoms with Crippen LogP contribution >= 0.6 is 0 Å². The second-order valence-corrected chi connectivity index (χ2v) is 5.36. The van der Waals surface area contributed by atoms with Gasteiger partial charge in [0.05, 0.1) is 0 Å². The maximum atomic E-state index is 11.4. The second kappa shape index (κ2) is 11.0. The number of esters is 1. The zero-order chi connectivity index (χ0) is 13.8. The topological polar surface area (TPSA) is 46.5 Å². The van der Waals surface area contributed by atoms with Gasteiger partial charge >= 0.3 is 5.97 Å². The van der Waals surface area contributed by atoms with Crippen molar-refractivity contribution in [1.82, 2.24) is 0 Å². The number of hydrogen-bond acceptors (Lipinski definition) is 3. The Hall–Kier alpha value is -0.830. The van der Waals surface area contributed by atoms with Crippen LogP contribution in [0.5, 0.6) is 0 Å². The van der Waals surface area contributed by atoms with Crippen molar-refractivity contribution in [3.8, 4) is 0 Å². The number of carbonyl (C=O) groups excluding carboxylic acids is 1. The summed E-state index contributed by atoms with van der Waals surface area (Å²) < 4.78 is 4.98. The monoisotopic (exact) mass is 268 g/mol. The maximum absolute atomic E-state index is 11.4. The normalized spacial score (nSPS) is 25.5. The molecule has 3 heteroatoms. The Morgan fingerprint density at radius 2 is 1.47 bits per heavy atom. The van der Waals surface area contributed by atoms with Gasteiger partial charge in [-0.1, -0.05) is 37.8 Å². The Kier molecular flexibility index (Phi) is 9.42. The summed E-state index contributed by atoms with van der Waals surface area (Å²) in [5, 5.41) is 9.58. The smallest absolute Gasteiger partial charge is 0.308 e. The first-order valence-electron chi connectivity index (χ1n) is 7.81. The number of cyclic esters (lactones) is 1. The summed E-state index contributed by atoms with van der Waals surface area (Å²) in [6, 6.07) is 0. The van der Waals surface area contributed by atoms with E-state index in [2.05, 4.69) is 12.2 Å². The number of carbonyl (C=O) groups is 1. The molecule has 110 valence electrons. The number of rotatable bonds is 0. The van der Waals surface area contributed by atoms with Gasteiger partial charge in [0.15, 0.2) is 0 Å². The highest BCUT2D eigenvalue weighted by Crippen LogP contribution is 2.12. The lowest BCUT2D eigenvalue weighted by Gasteiger charge is -2.11. The quantitative estimate of drug-likeness (QED) is 0.531. The predicted molar refractivity (Wildman–Crippen MR) is 76.6 cm³/mol. The van der Waals surface area contributed by atoms with Crippen LogP contribution in [-0.4, -0.2) is 17.4 Å². The first-order valence-corrected chi connectivity index (χ1v) is 7.81. The summed E-state index contributed by atoms with van der Waals surface area (Å²) >= 11 is 0. The minimum absolute atomic E-state index is 0.251. The Morgan fingerprint density at radius 3 is 2.21 bits per heavy atom. The third-order valence-corrected chi connectivity index (χ3v) is 3.51. The lowest BCUT2D eigenvalue weighted by atomic mass is 10.1. The summed E-state index contributed by atoms with van der Waals surface area (Å²) in [7, 11) is 0. The maximum Gasteiger partial charge on any atom is 0.308 e. The molecule has 0 bridgehead atoms. The fourth-order valence-corrected chi connectivity index (χ4v) is 2.33. The number of aliphatic hydroxyl groups is 1. The molecule has 0 amide bonds. The van der Waals surface area contributed by atoms with Crippen LogP contribution in [0.2, 0.25) is 0 Å². The lowest BCUT2D eigenvalue weighted by Crippen LogP contribution is -2.17. The van der Waals surface area contributed by atoms with Gasteiger partial charge in [0.25, 0.3) is 0 Å². The fourth-order valence-electron chi connectivity index (χ4n) is 2.33. The Balaban J connectivity index is 2.26. The second-order valence-electron chi connectivity index (χ2n) is 5.36. The van der Waals surface area contributed by atoms with Crippen LogP contribution in [0, 0.1) is 0 Å². The van der Waals surface area contributed by atoms with Crippen molar-refractivity contribution in [1.29, 1.82) is 0 Å². The number of hydrogen-bond donors (Lipinski definition) is 1. The van der Waals surface area contributed by atoms with E-state index >= 15 is 0 Å². The number of allylic oxidation sites excluding steroid dienone is 2. The van der Waals surface area contributed by atoms with Gasteiger partial charge in [0, 0.05) is 12.8 Å². The van der Waals surface area contributed by atoms with Gasteiger partial charge in [-0.25, -0.2) is 0 Å². The number of ether oxygens (including phenoxy) is 1. The van der Waals surface area contributed by atoms with Crippen molar-refractivity contribution in [2.45, 2.75) is 83.3 Å². The molecule has 1 N–H and O–H groups in total. The van der Waals surface area contributed by atoms with Crippen molar-refractivity contribution in [2.75, 3.05) is 0 Å². The average molecular weight is 268 g/mol. The summed E-state index contributed by atoms with van der Waals surface area (Å²) in [6.45, 7) is 0. The Morgan fingerprint density at radius 1 is 0.895 bits per heavy atom. The summed E-state index contributed by atoms with van der Waals surface area (Å²) in [5.74, 6) is -0.251. The van der Waals surface area contributed by atoms with Crippen molar-refractivity contribution < 1.29 is 14.6 Å². The predicted octanol–water partition coefficient (Wildman–Crippen LogP) is 4.10. The summed E-state index contributed by atoms with van der Waals surface area (Å²) in [5.41, 5.74) is 0. The molecule has 0 saturated heterocycles. The molecule has 3 nitrogen and oxygen atoms in total. The average Bonchev–Trinajstić information content (AvgIpc) is 2.38. The van der Waals surface area contributed by atoms with Gasteiger partial charge in [-0.05, 0) is 38.5 Å². The molecule has 0 radical (unpaired) electrons. The van der Waals surface area contributed by atoms with E-state index in [1.807, 2.05) is 0 Å². The van der Waals surface area contributed by atoms with Gasteiger partial charge < -0.3 is 9.84 Å². The van der Waals surface area contributed by atoms with Gasteiger partial charge in [-0.3, -0.25) is 4.79 Å². The molecular weight excluding hydrogens is 240 g/mol. The summed E-state index contributed by atoms with van der Waals surface area (Å²) in [4.78, 5) is 11.4. The molecule has 0 fully saturated rings. The van der Waals surface area contributed by atoms with Crippen LogP contribution in [0.4, 0.5) is 0 Å². The molecule has 19 heavy (non-hydrogen) atoms. The third-order valence-electron chi connectivity index (χ3n) is 3.51. The van der Waals surface area contributed by atoms with Gasteiger partial charge in [0.1, 0.15) is 0 Å². The standard InChI is InChI=1S/C16H28O3/c17-15-13-11-9-7-5-3-1-2-4-6-8-10-12-14-16(18)19-15/h1,3,15,17H,2,4-14H2. The summed E-state index contributed by atoms with van der Waals surface area (Å²) in [6.07, 6.45) is 15.7. The number of aliphatic hydroxyl groups excluding tert-OH is 1. The minimum atomic E-state index is -0.904. The fraction of sp³-hybridized carbons (Fsp3) is 0.812. The SMILES string of the molecule is O=C1CCCCCCCC=CCCCCCC(O)O1. The van der Waals surface area contributed by atoms with Gasteiger partial charge in [-0.2, -0.15) is 0 Å². The minimum Gasteiger partial charge on any atom is -0.436 e. The molecule has 1 aliphatic rings. The zero-order valence-electron chi connectivity index (χ0n) is 12.0. The largest absolute Gasteiger partial charge is 0.436 e. The first-order chi connectivity index (χ1) is 9.29. The zero-order valence-corrected chi connectivity index (χ0v) is 12.0. The van der Waals surface area contributed by atoms with Gasteiger partial charge in [-0.15, -0.1) is 0 Å². The van der Waals surface area contributed by atoms with Crippen molar-refractivity contribution >= 4 is 5.97 Å².